The fourth-order valence-corrected chi connectivity index (χ4v) is 11.4. The summed E-state index contributed by atoms with van der Waals surface area (Å²) in [6, 6.07) is 61.1. The van der Waals surface area contributed by atoms with Crippen LogP contribution in [0, 0.1) is 0 Å². The summed E-state index contributed by atoms with van der Waals surface area (Å²) in [5, 5.41) is 3.51. The summed E-state index contributed by atoms with van der Waals surface area (Å²) in [7, 11) is 0. The van der Waals surface area contributed by atoms with Crippen molar-refractivity contribution in [1.82, 2.24) is 5.32 Å². The Labute approximate surface area is 499 Å². The maximum atomic E-state index is 14.6. The van der Waals surface area contributed by atoms with Gasteiger partial charge in [-0.25, -0.2) is 0 Å². The Morgan fingerprint density at radius 3 is 1.35 bits per heavy atom. The second kappa shape index (κ2) is 38.9. The standard InChI is InChI=1S/C71H92INO8/c1-2-3-4-5-6-7-8-9-10-11-12-33-48-64(75-51-58-38-23-14-24-39-58)67(76-52-59-40-25-15-26-41-59)63(73-66(74)49-34-19-22-37-57-35-20-13-21-36-57)56-80-71-70(79-55-62-46-31-18-32-47-62)69(78-54-61-44-29-17-30-45-61)68(65(50-72)81-71)77-53-60-42-27-16-28-43-60/h13-18,20-21,23-32,35-36,38-47,63-65,67-71H,2-12,19,22,33-34,37,48-56H2,1H3,(H,73,74)/t63-,64+,65+,67-,68-,69-,70+,71-/m0/s1. The van der Waals surface area contributed by atoms with Gasteiger partial charge in [0.05, 0.1) is 57.9 Å². The number of amides is 1. The molecule has 1 N–H and O–H groups in total. The molecule has 0 bridgehead atoms. The van der Waals surface area contributed by atoms with Crippen LogP contribution in [0.4, 0.5) is 0 Å². The van der Waals surface area contributed by atoms with Crippen LogP contribution in [-0.4, -0.2) is 65.9 Å². The van der Waals surface area contributed by atoms with Crippen molar-refractivity contribution in [2.45, 2.75) is 204 Å². The lowest BCUT2D eigenvalue weighted by molar-refractivity contribution is -0.320. The highest BCUT2D eigenvalue weighted by Gasteiger charge is 2.49. The van der Waals surface area contributed by atoms with E-state index in [0.29, 0.717) is 43.9 Å². The van der Waals surface area contributed by atoms with Crippen LogP contribution in [0.1, 0.15) is 149 Å². The molecule has 1 saturated heterocycles. The SMILES string of the molecule is CCCCCCCCCCCCCC[C@@H](OCc1ccccc1)[C@@H](OCc1ccccc1)[C@H](CO[C@H]1O[C@H](CI)[C@H](OCc2ccccc2)[C@H](OCc2ccccc2)[C@H]1OCc1ccccc1)NC(=O)CCCCCc1ccccc1. The van der Waals surface area contributed by atoms with Crippen molar-refractivity contribution in [3.63, 3.8) is 0 Å². The summed E-state index contributed by atoms with van der Waals surface area (Å²) in [6.07, 6.45) is 15.8. The first-order valence-electron chi connectivity index (χ1n) is 30.5. The molecule has 0 saturated carbocycles. The van der Waals surface area contributed by atoms with Gasteiger partial charge in [-0.15, -0.1) is 0 Å². The molecule has 6 aromatic rings. The molecule has 0 spiro atoms. The average Bonchev–Trinajstić information content (AvgIpc) is 3.52. The Morgan fingerprint density at radius 2 is 0.864 bits per heavy atom. The normalized spacial score (nSPS) is 18.3. The number of hydrogen-bond donors (Lipinski definition) is 1. The Balaban J connectivity index is 1.17. The molecule has 1 heterocycles. The van der Waals surface area contributed by atoms with Crippen molar-refractivity contribution in [3.8, 4) is 0 Å². The molecule has 1 amide bonds. The zero-order chi connectivity index (χ0) is 56.2. The highest BCUT2D eigenvalue weighted by molar-refractivity contribution is 14.1. The number of rotatable bonds is 41. The van der Waals surface area contributed by atoms with Gasteiger partial charge >= 0.3 is 0 Å². The number of aryl methyl sites for hydroxylation is 1. The minimum Gasteiger partial charge on any atom is -0.371 e. The second-order valence-corrected chi connectivity index (χ2v) is 22.7. The van der Waals surface area contributed by atoms with Crippen LogP contribution in [-0.2, 0) is 77.4 Å². The first-order valence-corrected chi connectivity index (χ1v) is 32.0. The quantitative estimate of drug-likeness (QED) is 0.0231. The number of halogens is 1. The predicted molar refractivity (Wildman–Crippen MR) is 335 cm³/mol. The maximum Gasteiger partial charge on any atom is 0.220 e. The van der Waals surface area contributed by atoms with Gasteiger partial charge in [0.15, 0.2) is 6.29 Å². The number of ether oxygens (including phenoxy) is 7. The van der Waals surface area contributed by atoms with E-state index >= 15 is 0 Å². The van der Waals surface area contributed by atoms with E-state index < -0.39 is 42.9 Å². The molecule has 81 heavy (non-hydrogen) atoms. The molecule has 0 unspecified atom stereocenters. The first kappa shape index (κ1) is 63.8. The summed E-state index contributed by atoms with van der Waals surface area (Å²) in [6.45, 7) is 4.08. The lowest BCUT2D eigenvalue weighted by Gasteiger charge is -2.46. The zero-order valence-corrected chi connectivity index (χ0v) is 50.4. The summed E-state index contributed by atoms with van der Waals surface area (Å²) < 4.78 is 50.0. The van der Waals surface area contributed by atoms with Gasteiger partial charge in [0, 0.05) is 10.8 Å². The number of benzene rings is 6. The molecule has 6 aromatic carbocycles. The van der Waals surface area contributed by atoms with Gasteiger partial charge in [-0.05, 0) is 59.1 Å². The number of hydrogen-bond acceptors (Lipinski definition) is 8. The highest BCUT2D eigenvalue weighted by Crippen LogP contribution is 2.33. The predicted octanol–water partition coefficient (Wildman–Crippen LogP) is 16.5. The largest absolute Gasteiger partial charge is 0.371 e. The highest BCUT2D eigenvalue weighted by atomic mass is 127. The van der Waals surface area contributed by atoms with Crippen molar-refractivity contribution in [2.24, 2.45) is 0 Å². The van der Waals surface area contributed by atoms with E-state index in [1.165, 1.54) is 69.8 Å². The molecule has 0 aliphatic carbocycles. The molecule has 10 heteroatoms. The van der Waals surface area contributed by atoms with E-state index in [2.05, 4.69) is 138 Å². The number of alkyl halides is 1. The van der Waals surface area contributed by atoms with Crippen LogP contribution in [0.25, 0.3) is 0 Å². The van der Waals surface area contributed by atoms with Crippen LogP contribution in [0.15, 0.2) is 182 Å². The molecule has 436 valence electrons. The number of carbonyl (C=O) groups is 1. The van der Waals surface area contributed by atoms with Gasteiger partial charge in [0.25, 0.3) is 0 Å². The minimum atomic E-state index is -0.905. The first-order chi connectivity index (χ1) is 40.1. The average molecular weight is 1210 g/mol. The Kier molecular flexibility index (Phi) is 30.7. The van der Waals surface area contributed by atoms with E-state index in [4.69, 9.17) is 33.2 Å². The van der Waals surface area contributed by atoms with Crippen molar-refractivity contribution in [2.75, 3.05) is 11.0 Å². The van der Waals surface area contributed by atoms with E-state index in [0.717, 1.165) is 72.8 Å². The lowest BCUT2D eigenvalue weighted by Crippen LogP contribution is -2.62. The fourth-order valence-electron chi connectivity index (χ4n) is 10.7. The van der Waals surface area contributed by atoms with Gasteiger partial charge in [-0.1, -0.05) is 295 Å². The number of unbranched alkanes of at least 4 members (excludes halogenated alkanes) is 13. The Hall–Kier alpha value is -4.76. The van der Waals surface area contributed by atoms with Gasteiger partial charge < -0.3 is 38.5 Å². The molecule has 0 aromatic heterocycles. The van der Waals surface area contributed by atoms with Crippen molar-refractivity contribution < 1.29 is 38.0 Å². The van der Waals surface area contributed by atoms with Gasteiger partial charge in [-0.3, -0.25) is 4.79 Å². The second-order valence-electron chi connectivity index (χ2n) is 21.8. The van der Waals surface area contributed by atoms with E-state index in [9.17, 15) is 4.79 Å². The third-order valence-electron chi connectivity index (χ3n) is 15.3. The van der Waals surface area contributed by atoms with Crippen LogP contribution in [0.3, 0.4) is 0 Å². The molecule has 1 aliphatic rings. The molecule has 7 rings (SSSR count). The molecule has 1 aliphatic heterocycles. The molecule has 0 radical (unpaired) electrons. The fraction of sp³-hybridized carbons (Fsp3) is 0.479. The molecular weight excluding hydrogens is 1120 g/mol. The van der Waals surface area contributed by atoms with Crippen LogP contribution >= 0.6 is 22.6 Å². The summed E-state index contributed by atoms with van der Waals surface area (Å²) in [5.74, 6) is -0.0474. The van der Waals surface area contributed by atoms with Crippen molar-refractivity contribution in [3.05, 3.63) is 215 Å². The summed E-state index contributed by atoms with van der Waals surface area (Å²) >= 11 is 2.38. The third-order valence-corrected chi connectivity index (χ3v) is 16.2. The van der Waals surface area contributed by atoms with Crippen LogP contribution < -0.4 is 5.32 Å². The van der Waals surface area contributed by atoms with Gasteiger partial charge in [0.2, 0.25) is 5.91 Å². The van der Waals surface area contributed by atoms with Crippen molar-refractivity contribution in [1.29, 1.82) is 0 Å². The van der Waals surface area contributed by atoms with E-state index in [-0.39, 0.29) is 18.6 Å². The smallest absolute Gasteiger partial charge is 0.220 e. The number of carbonyl (C=O) groups excluding carboxylic acids is 1. The monoisotopic (exact) mass is 1210 g/mol. The van der Waals surface area contributed by atoms with Crippen molar-refractivity contribution >= 4 is 28.5 Å². The minimum absolute atomic E-state index is 0.0474. The Bertz CT molecular complexity index is 2490. The number of nitrogens with one attached hydrogen (secondary N) is 1. The maximum absolute atomic E-state index is 14.6. The summed E-state index contributed by atoms with van der Waals surface area (Å²) in [4.78, 5) is 14.6. The molecule has 9 nitrogen and oxygen atoms in total. The van der Waals surface area contributed by atoms with Crippen LogP contribution in [0.5, 0.6) is 0 Å². The summed E-state index contributed by atoms with van der Waals surface area (Å²) in [5.41, 5.74) is 6.53. The lowest BCUT2D eigenvalue weighted by atomic mass is 9.97. The third kappa shape index (κ3) is 24.2. The van der Waals surface area contributed by atoms with Gasteiger partial charge in [0.1, 0.15) is 24.4 Å². The van der Waals surface area contributed by atoms with Gasteiger partial charge in [-0.2, -0.15) is 0 Å². The van der Waals surface area contributed by atoms with Crippen LogP contribution in [0.2, 0.25) is 0 Å². The van der Waals surface area contributed by atoms with E-state index in [1.807, 2.05) is 78.9 Å². The topological polar surface area (TPSA) is 93.7 Å². The van der Waals surface area contributed by atoms with E-state index in [1.54, 1.807) is 0 Å². The zero-order valence-electron chi connectivity index (χ0n) is 48.3. The molecule has 1 fully saturated rings. The molecular formula is C71H92INO8. The Morgan fingerprint density at radius 1 is 0.457 bits per heavy atom. The molecule has 8 atom stereocenters.